The molecule has 29 heavy (non-hydrogen) atoms. The van der Waals surface area contributed by atoms with E-state index in [1.54, 1.807) is 6.07 Å². The van der Waals surface area contributed by atoms with Gasteiger partial charge >= 0.3 is 5.97 Å². The number of carbonyl (C=O) groups is 1. The highest BCUT2D eigenvalue weighted by molar-refractivity contribution is 5.88. The van der Waals surface area contributed by atoms with E-state index in [0.717, 1.165) is 28.1 Å². The van der Waals surface area contributed by atoms with Crippen LogP contribution in [0.3, 0.4) is 0 Å². The second-order valence-corrected chi connectivity index (χ2v) is 6.48. The molecule has 0 fully saturated rings. The van der Waals surface area contributed by atoms with Gasteiger partial charge in [-0.25, -0.2) is 4.98 Å². The summed E-state index contributed by atoms with van der Waals surface area (Å²) >= 11 is 0. The largest absolute Gasteiger partial charge is 0.457 e. The van der Waals surface area contributed by atoms with Crippen molar-refractivity contribution in [3.8, 4) is 17.2 Å². The summed E-state index contributed by atoms with van der Waals surface area (Å²) in [5, 5.41) is 0.916. The number of aromatic nitrogens is 1. The fourth-order valence-electron chi connectivity index (χ4n) is 2.95. The van der Waals surface area contributed by atoms with E-state index in [-0.39, 0.29) is 5.97 Å². The van der Waals surface area contributed by atoms with E-state index in [0.29, 0.717) is 11.3 Å². The summed E-state index contributed by atoms with van der Waals surface area (Å²) in [5.74, 6) is 1.66. The Morgan fingerprint density at radius 3 is 2.45 bits per heavy atom. The minimum absolute atomic E-state index is 0.365. The molecule has 0 aliphatic rings. The number of nitrogens with zero attached hydrogens (tertiary/aromatic N) is 1. The van der Waals surface area contributed by atoms with Gasteiger partial charge in [0.1, 0.15) is 17.0 Å². The standard InChI is InChI=1S/C25H19NO3/c1-18(27)28-24-12-6-8-20-14-16-21(26-25(20)24)15-13-19-7-5-11-23(17-19)29-22-9-3-2-4-10-22/h2-17H,1H3. The van der Waals surface area contributed by atoms with Crippen LogP contribution in [0.15, 0.2) is 84.9 Å². The number of carbonyl (C=O) groups excluding carboxylic acids is 1. The molecule has 0 amide bonds. The molecule has 0 spiro atoms. The van der Waals surface area contributed by atoms with Crippen molar-refractivity contribution in [3.63, 3.8) is 0 Å². The first kappa shape index (κ1) is 18.4. The van der Waals surface area contributed by atoms with E-state index in [9.17, 15) is 4.79 Å². The van der Waals surface area contributed by atoms with Crippen molar-refractivity contribution < 1.29 is 14.3 Å². The third kappa shape index (κ3) is 4.68. The predicted octanol–water partition coefficient (Wildman–Crippen LogP) is 6.12. The maximum atomic E-state index is 11.3. The molecule has 0 radical (unpaired) electrons. The second kappa shape index (κ2) is 8.40. The lowest BCUT2D eigenvalue weighted by molar-refractivity contribution is -0.131. The molecule has 4 aromatic rings. The first-order chi connectivity index (χ1) is 14.2. The predicted molar refractivity (Wildman–Crippen MR) is 115 cm³/mol. The Labute approximate surface area is 169 Å². The Hall–Kier alpha value is -3.92. The molecule has 0 bridgehead atoms. The molecule has 0 saturated carbocycles. The molecule has 3 aromatic carbocycles. The number of pyridine rings is 1. The number of hydrogen-bond donors (Lipinski definition) is 0. The van der Waals surface area contributed by atoms with E-state index in [1.165, 1.54) is 6.92 Å². The molecular formula is C25H19NO3. The molecule has 1 heterocycles. The Bertz CT molecular complexity index is 1180. The van der Waals surface area contributed by atoms with Gasteiger partial charge in [-0.2, -0.15) is 0 Å². The van der Waals surface area contributed by atoms with Crippen LogP contribution in [0.4, 0.5) is 0 Å². The third-order valence-electron chi connectivity index (χ3n) is 4.24. The Kier molecular flexibility index (Phi) is 5.34. The van der Waals surface area contributed by atoms with E-state index >= 15 is 0 Å². The monoisotopic (exact) mass is 381 g/mol. The summed E-state index contributed by atoms with van der Waals surface area (Å²) in [5.41, 5.74) is 2.42. The topological polar surface area (TPSA) is 48.4 Å². The van der Waals surface area contributed by atoms with Gasteiger partial charge in [0, 0.05) is 12.3 Å². The molecule has 0 N–H and O–H groups in total. The van der Waals surface area contributed by atoms with Gasteiger partial charge < -0.3 is 9.47 Å². The zero-order chi connectivity index (χ0) is 20.1. The minimum Gasteiger partial charge on any atom is -0.457 e. The number of ether oxygens (including phenoxy) is 2. The van der Waals surface area contributed by atoms with E-state index in [4.69, 9.17) is 9.47 Å². The van der Waals surface area contributed by atoms with Gasteiger partial charge in [-0.3, -0.25) is 4.79 Å². The highest BCUT2D eigenvalue weighted by atomic mass is 16.5. The van der Waals surface area contributed by atoms with Gasteiger partial charge in [0.15, 0.2) is 5.75 Å². The summed E-state index contributed by atoms with van der Waals surface area (Å²) in [6.45, 7) is 1.38. The molecule has 4 heteroatoms. The maximum Gasteiger partial charge on any atom is 0.308 e. The number of fused-ring (bicyclic) bond motifs is 1. The lowest BCUT2D eigenvalue weighted by atomic mass is 10.1. The summed E-state index contributed by atoms with van der Waals surface area (Å²) in [6.07, 6.45) is 3.89. The SMILES string of the molecule is CC(=O)Oc1cccc2ccc(C=Cc3cccc(Oc4ccccc4)c3)nc12. The zero-order valence-corrected chi connectivity index (χ0v) is 15.9. The highest BCUT2D eigenvalue weighted by Crippen LogP contribution is 2.25. The minimum atomic E-state index is -0.365. The molecule has 0 aliphatic heterocycles. The van der Waals surface area contributed by atoms with Gasteiger partial charge in [0.2, 0.25) is 0 Å². The maximum absolute atomic E-state index is 11.3. The fraction of sp³-hybridized carbons (Fsp3) is 0.0400. The van der Waals surface area contributed by atoms with Crippen molar-refractivity contribution in [3.05, 3.63) is 96.2 Å². The molecular weight excluding hydrogens is 362 g/mol. The van der Waals surface area contributed by atoms with Crippen LogP contribution in [0.2, 0.25) is 0 Å². The van der Waals surface area contributed by atoms with Gasteiger partial charge in [-0.15, -0.1) is 0 Å². The highest BCUT2D eigenvalue weighted by Gasteiger charge is 2.06. The van der Waals surface area contributed by atoms with Crippen LogP contribution in [0, 0.1) is 0 Å². The fourth-order valence-corrected chi connectivity index (χ4v) is 2.95. The van der Waals surface area contributed by atoms with E-state index < -0.39 is 0 Å². The van der Waals surface area contributed by atoms with Crippen molar-refractivity contribution in [1.82, 2.24) is 4.98 Å². The molecule has 4 nitrogen and oxygen atoms in total. The smallest absolute Gasteiger partial charge is 0.308 e. The van der Waals surface area contributed by atoms with Crippen LogP contribution in [0.5, 0.6) is 17.2 Å². The molecule has 142 valence electrons. The van der Waals surface area contributed by atoms with Gasteiger partial charge in [0.25, 0.3) is 0 Å². The van der Waals surface area contributed by atoms with Crippen LogP contribution in [-0.4, -0.2) is 11.0 Å². The average Bonchev–Trinajstić information content (AvgIpc) is 2.73. The summed E-state index contributed by atoms with van der Waals surface area (Å²) < 4.78 is 11.2. The molecule has 0 atom stereocenters. The Morgan fingerprint density at radius 2 is 1.62 bits per heavy atom. The number of esters is 1. The van der Waals surface area contributed by atoms with Crippen molar-refractivity contribution in [2.45, 2.75) is 6.92 Å². The first-order valence-corrected chi connectivity index (χ1v) is 9.27. The van der Waals surface area contributed by atoms with Crippen molar-refractivity contribution in [2.75, 3.05) is 0 Å². The Morgan fingerprint density at radius 1 is 0.828 bits per heavy atom. The lowest BCUT2D eigenvalue weighted by Crippen LogP contribution is -2.02. The van der Waals surface area contributed by atoms with Crippen LogP contribution in [-0.2, 0) is 4.79 Å². The first-order valence-electron chi connectivity index (χ1n) is 9.27. The third-order valence-corrected chi connectivity index (χ3v) is 4.24. The number of rotatable bonds is 5. The van der Waals surface area contributed by atoms with Crippen molar-refractivity contribution in [1.29, 1.82) is 0 Å². The number of benzene rings is 3. The van der Waals surface area contributed by atoms with Crippen molar-refractivity contribution >= 4 is 29.0 Å². The van der Waals surface area contributed by atoms with Crippen molar-refractivity contribution in [2.24, 2.45) is 0 Å². The molecule has 4 rings (SSSR count). The molecule has 0 unspecified atom stereocenters. The zero-order valence-electron chi connectivity index (χ0n) is 15.9. The summed E-state index contributed by atoms with van der Waals surface area (Å²) in [6, 6.07) is 26.9. The quantitative estimate of drug-likeness (QED) is 0.308. The van der Waals surface area contributed by atoms with E-state index in [2.05, 4.69) is 4.98 Å². The molecule has 0 aliphatic carbocycles. The average molecular weight is 381 g/mol. The Balaban J connectivity index is 1.58. The molecule has 0 saturated heterocycles. The van der Waals surface area contributed by atoms with Crippen LogP contribution < -0.4 is 9.47 Å². The summed E-state index contributed by atoms with van der Waals surface area (Å²) in [7, 11) is 0. The van der Waals surface area contributed by atoms with E-state index in [1.807, 2.05) is 91.0 Å². The van der Waals surface area contributed by atoms with Gasteiger partial charge in [0.05, 0.1) is 5.69 Å². The normalized spacial score (nSPS) is 10.9. The van der Waals surface area contributed by atoms with Crippen LogP contribution in [0.1, 0.15) is 18.2 Å². The molecule has 1 aromatic heterocycles. The number of hydrogen-bond acceptors (Lipinski definition) is 4. The lowest BCUT2D eigenvalue weighted by Gasteiger charge is -2.06. The van der Waals surface area contributed by atoms with Gasteiger partial charge in [-0.1, -0.05) is 54.6 Å². The number of para-hydroxylation sites is 2. The summed E-state index contributed by atoms with van der Waals surface area (Å²) in [4.78, 5) is 16.0. The van der Waals surface area contributed by atoms with Gasteiger partial charge in [-0.05, 0) is 48.0 Å². The van der Waals surface area contributed by atoms with Crippen LogP contribution in [0.25, 0.3) is 23.1 Å². The van der Waals surface area contributed by atoms with Crippen LogP contribution >= 0.6 is 0 Å². The second-order valence-electron chi connectivity index (χ2n) is 6.48.